The van der Waals surface area contributed by atoms with E-state index >= 15 is 0 Å². The standard InChI is InChI=1S/C5H6ClN3.ClH/c6-5-8-2-1-4(3-7)9-5;/h1-2H,3,7H2;1H. The summed E-state index contributed by atoms with van der Waals surface area (Å²) in [5, 5.41) is 0.248. The van der Waals surface area contributed by atoms with Crippen LogP contribution in [-0.4, -0.2) is 9.97 Å². The summed E-state index contributed by atoms with van der Waals surface area (Å²) in [6.07, 6.45) is 1.58. The van der Waals surface area contributed by atoms with Gasteiger partial charge in [0.15, 0.2) is 0 Å². The van der Waals surface area contributed by atoms with E-state index in [0.717, 1.165) is 5.69 Å². The highest BCUT2D eigenvalue weighted by molar-refractivity contribution is 6.28. The number of hydrogen-bond acceptors (Lipinski definition) is 3. The fraction of sp³-hybridized carbons (Fsp3) is 0.200. The van der Waals surface area contributed by atoms with Gasteiger partial charge in [-0.2, -0.15) is 0 Å². The molecule has 1 heterocycles. The first kappa shape index (κ1) is 9.62. The molecule has 0 atom stereocenters. The second-order valence-electron chi connectivity index (χ2n) is 1.52. The van der Waals surface area contributed by atoms with E-state index in [1.165, 1.54) is 0 Å². The van der Waals surface area contributed by atoms with Crippen molar-refractivity contribution in [3.63, 3.8) is 0 Å². The Labute approximate surface area is 70.0 Å². The number of nitrogens with zero attached hydrogens (tertiary/aromatic N) is 2. The lowest BCUT2D eigenvalue weighted by Gasteiger charge is -1.92. The van der Waals surface area contributed by atoms with Crippen molar-refractivity contribution in [1.29, 1.82) is 0 Å². The van der Waals surface area contributed by atoms with Crippen molar-refractivity contribution >= 4 is 24.0 Å². The van der Waals surface area contributed by atoms with Crippen LogP contribution in [0.5, 0.6) is 0 Å². The Balaban J connectivity index is 0.000000810. The Hall–Kier alpha value is -0.380. The van der Waals surface area contributed by atoms with Gasteiger partial charge in [0.05, 0.1) is 5.69 Å². The van der Waals surface area contributed by atoms with Gasteiger partial charge in [-0.15, -0.1) is 12.4 Å². The van der Waals surface area contributed by atoms with Crippen LogP contribution in [0.4, 0.5) is 0 Å². The van der Waals surface area contributed by atoms with Crippen LogP contribution >= 0.6 is 24.0 Å². The van der Waals surface area contributed by atoms with E-state index in [4.69, 9.17) is 17.3 Å². The SMILES string of the molecule is Cl.NCc1ccnc(Cl)n1. The number of hydrogen-bond donors (Lipinski definition) is 1. The summed E-state index contributed by atoms with van der Waals surface area (Å²) in [4.78, 5) is 7.51. The average Bonchev–Trinajstić information content (AvgIpc) is 1.88. The molecule has 2 N–H and O–H groups in total. The van der Waals surface area contributed by atoms with Crippen LogP contribution in [0.2, 0.25) is 5.28 Å². The summed E-state index contributed by atoms with van der Waals surface area (Å²) < 4.78 is 0. The molecule has 56 valence electrons. The van der Waals surface area contributed by atoms with Crippen LogP contribution < -0.4 is 5.73 Å². The Bertz CT molecular complexity index is 204. The lowest BCUT2D eigenvalue weighted by atomic mass is 10.4. The molecule has 1 rings (SSSR count). The maximum absolute atomic E-state index is 5.45. The molecule has 0 bridgehead atoms. The molecule has 0 aliphatic carbocycles. The van der Waals surface area contributed by atoms with Gasteiger partial charge in [-0.1, -0.05) is 0 Å². The molecular formula is C5H7Cl2N3. The van der Waals surface area contributed by atoms with E-state index in [0.29, 0.717) is 6.54 Å². The van der Waals surface area contributed by atoms with Gasteiger partial charge >= 0.3 is 0 Å². The summed E-state index contributed by atoms with van der Waals surface area (Å²) in [7, 11) is 0. The van der Waals surface area contributed by atoms with Crippen LogP contribution in [0, 0.1) is 0 Å². The summed E-state index contributed by atoms with van der Waals surface area (Å²) in [5.41, 5.74) is 6.03. The summed E-state index contributed by atoms with van der Waals surface area (Å²) in [6.45, 7) is 0.405. The molecule has 5 heteroatoms. The molecule has 0 amide bonds. The third kappa shape index (κ3) is 2.47. The van der Waals surface area contributed by atoms with Crippen molar-refractivity contribution < 1.29 is 0 Å². The Kier molecular flexibility index (Phi) is 4.27. The Morgan fingerprint density at radius 3 is 2.70 bits per heavy atom. The van der Waals surface area contributed by atoms with Crippen molar-refractivity contribution in [1.82, 2.24) is 9.97 Å². The van der Waals surface area contributed by atoms with Crippen molar-refractivity contribution in [2.45, 2.75) is 6.54 Å². The number of aromatic nitrogens is 2. The van der Waals surface area contributed by atoms with Gasteiger partial charge < -0.3 is 5.73 Å². The molecule has 0 spiro atoms. The molecule has 1 aromatic rings. The van der Waals surface area contributed by atoms with E-state index < -0.39 is 0 Å². The minimum absolute atomic E-state index is 0. The van der Waals surface area contributed by atoms with Crippen molar-refractivity contribution in [2.24, 2.45) is 5.73 Å². The predicted molar refractivity (Wildman–Crippen MR) is 42.2 cm³/mol. The minimum Gasteiger partial charge on any atom is -0.325 e. The smallest absolute Gasteiger partial charge is 0.222 e. The highest BCUT2D eigenvalue weighted by Gasteiger charge is 1.90. The fourth-order valence-electron chi connectivity index (χ4n) is 0.483. The minimum atomic E-state index is 0. The van der Waals surface area contributed by atoms with Crippen LogP contribution in [0.15, 0.2) is 12.3 Å². The van der Waals surface area contributed by atoms with Crippen LogP contribution in [-0.2, 0) is 6.54 Å². The quantitative estimate of drug-likeness (QED) is 0.656. The molecule has 0 radical (unpaired) electrons. The first-order valence-electron chi connectivity index (χ1n) is 2.50. The monoisotopic (exact) mass is 179 g/mol. The van der Waals surface area contributed by atoms with Gasteiger partial charge in [0.2, 0.25) is 5.28 Å². The molecule has 3 nitrogen and oxygen atoms in total. The second kappa shape index (κ2) is 4.44. The normalized spacial score (nSPS) is 8.60. The summed E-state index contributed by atoms with van der Waals surface area (Å²) >= 11 is 5.45. The molecule has 10 heavy (non-hydrogen) atoms. The molecule has 0 fully saturated rings. The van der Waals surface area contributed by atoms with Crippen molar-refractivity contribution in [3.8, 4) is 0 Å². The molecule has 0 unspecified atom stereocenters. The number of nitrogens with two attached hydrogens (primary N) is 1. The van der Waals surface area contributed by atoms with E-state index in [1.54, 1.807) is 12.3 Å². The third-order valence-corrected chi connectivity index (χ3v) is 1.08. The molecule has 0 aliphatic heterocycles. The maximum Gasteiger partial charge on any atom is 0.222 e. The highest BCUT2D eigenvalue weighted by atomic mass is 35.5. The van der Waals surface area contributed by atoms with Gasteiger partial charge in [-0.3, -0.25) is 0 Å². The summed E-state index contributed by atoms with van der Waals surface area (Å²) in [5.74, 6) is 0. The van der Waals surface area contributed by atoms with Gasteiger partial charge in [0.1, 0.15) is 0 Å². The topological polar surface area (TPSA) is 51.8 Å². The van der Waals surface area contributed by atoms with E-state index in [9.17, 15) is 0 Å². The number of halogens is 2. The number of rotatable bonds is 1. The molecule has 0 aromatic carbocycles. The van der Waals surface area contributed by atoms with Gasteiger partial charge in [0, 0.05) is 12.7 Å². The fourth-order valence-corrected chi connectivity index (χ4v) is 0.648. The lowest BCUT2D eigenvalue weighted by Crippen LogP contribution is -1.99. The average molecular weight is 180 g/mol. The van der Waals surface area contributed by atoms with Gasteiger partial charge in [-0.25, -0.2) is 9.97 Å². The zero-order valence-corrected chi connectivity index (χ0v) is 6.69. The molecular weight excluding hydrogens is 173 g/mol. The lowest BCUT2D eigenvalue weighted by molar-refractivity contribution is 0.964. The van der Waals surface area contributed by atoms with Crippen LogP contribution in [0.25, 0.3) is 0 Å². The van der Waals surface area contributed by atoms with Crippen molar-refractivity contribution in [3.05, 3.63) is 23.2 Å². The van der Waals surface area contributed by atoms with Gasteiger partial charge in [-0.05, 0) is 17.7 Å². The van der Waals surface area contributed by atoms with Crippen LogP contribution in [0.3, 0.4) is 0 Å². The van der Waals surface area contributed by atoms with Crippen molar-refractivity contribution in [2.75, 3.05) is 0 Å². The van der Waals surface area contributed by atoms with E-state index in [2.05, 4.69) is 9.97 Å². The first-order chi connectivity index (χ1) is 4.33. The Morgan fingerprint density at radius 2 is 2.30 bits per heavy atom. The zero-order chi connectivity index (χ0) is 6.69. The van der Waals surface area contributed by atoms with Gasteiger partial charge in [0.25, 0.3) is 0 Å². The second-order valence-corrected chi connectivity index (χ2v) is 1.86. The Morgan fingerprint density at radius 1 is 1.60 bits per heavy atom. The maximum atomic E-state index is 5.45. The van der Waals surface area contributed by atoms with Crippen LogP contribution in [0.1, 0.15) is 5.69 Å². The highest BCUT2D eigenvalue weighted by Crippen LogP contribution is 1.98. The molecule has 0 saturated carbocycles. The zero-order valence-electron chi connectivity index (χ0n) is 5.12. The third-order valence-electron chi connectivity index (χ3n) is 0.893. The predicted octanol–water partition coefficient (Wildman–Crippen LogP) is 1.01. The molecule has 0 aliphatic rings. The first-order valence-corrected chi connectivity index (χ1v) is 2.88. The van der Waals surface area contributed by atoms with E-state index in [-0.39, 0.29) is 17.7 Å². The molecule has 1 aromatic heterocycles. The molecule has 0 saturated heterocycles. The largest absolute Gasteiger partial charge is 0.325 e. The van der Waals surface area contributed by atoms with E-state index in [1.807, 2.05) is 0 Å². The summed E-state index contributed by atoms with van der Waals surface area (Å²) in [6, 6.07) is 1.73.